The third-order valence-corrected chi connectivity index (χ3v) is 5.34. The highest BCUT2D eigenvalue weighted by atomic mass is 32.2. The number of benzene rings is 2. The van der Waals surface area contributed by atoms with Crippen molar-refractivity contribution < 1.29 is 41.7 Å². The van der Waals surface area contributed by atoms with Gasteiger partial charge in [-0.25, -0.2) is 27.2 Å². The Balaban J connectivity index is 0.00000156. The minimum Gasteiger partial charge on any atom is -0.468 e. The van der Waals surface area contributed by atoms with Crippen molar-refractivity contribution in [2.75, 3.05) is 40.3 Å². The van der Waals surface area contributed by atoms with E-state index < -0.39 is 46.6 Å². The number of hydrogen-bond donors (Lipinski definition) is 2. The maximum atomic E-state index is 14.4. The molecule has 0 aromatic heterocycles. The second-order valence-electron chi connectivity index (χ2n) is 6.77. The molecule has 0 aliphatic rings. The van der Waals surface area contributed by atoms with Crippen LogP contribution in [0.5, 0.6) is 11.5 Å². The van der Waals surface area contributed by atoms with Crippen molar-refractivity contribution in [1.82, 2.24) is 14.7 Å². The van der Waals surface area contributed by atoms with Gasteiger partial charge in [-0.05, 0) is 57.4 Å². The zero-order chi connectivity index (χ0) is 27.7. The summed E-state index contributed by atoms with van der Waals surface area (Å²) in [6, 6.07) is 6.22. The fourth-order valence-corrected chi connectivity index (χ4v) is 3.49. The van der Waals surface area contributed by atoms with Gasteiger partial charge >= 0.3 is 0 Å². The van der Waals surface area contributed by atoms with Gasteiger partial charge in [0.15, 0.2) is 17.4 Å². The van der Waals surface area contributed by atoms with Crippen LogP contribution in [-0.4, -0.2) is 71.3 Å². The van der Waals surface area contributed by atoms with E-state index in [2.05, 4.69) is 4.74 Å². The number of nitrogens with zero attached hydrogens (tertiary/aromatic N) is 2. The summed E-state index contributed by atoms with van der Waals surface area (Å²) in [5.74, 6) is -4.30. The molecule has 1 amide bonds. The van der Waals surface area contributed by atoms with Crippen LogP contribution >= 0.6 is 0 Å². The van der Waals surface area contributed by atoms with Crippen molar-refractivity contribution in [3.05, 3.63) is 53.8 Å². The largest absolute Gasteiger partial charge is 0.468 e. The summed E-state index contributed by atoms with van der Waals surface area (Å²) in [5, 5.41) is 8.70. The molecule has 36 heavy (non-hydrogen) atoms. The Morgan fingerprint density at radius 3 is 2.06 bits per heavy atom. The van der Waals surface area contributed by atoms with E-state index in [4.69, 9.17) is 9.94 Å². The van der Waals surface area contributed by atoms with Crippen molar-refractivity contribution >= 4 is 23.4 Å². The van der Waals surface area contributed by atoms with E-state index in [1.54, 1.807) is 25.9 Å². The number of ether oxygens (including phenoxy) is 2. The van der Waals surface area contributed by atoms with Crippen molar-refractivity contribution in [3.63, 3.8) is 0 Å². The summed E-state index contributed by atoms with van der Waals surface area (Å²) in [4.78, 5) is 22.2. The van der Waals surface area contributed by atoms with Crippen molar-refractivity contribution in [2.45, 2.75) is 25.7 Å². The Labute approximate surface area is 211 Å². The highest BCUT2D eigenvalue weighted by molar-refractivity contribution is 7.82. The number of nitrogens with one attached hydrogen (secondary N) is 1. The van der Waals surface area contributed by atoms with Gasteiger partial charge in [0.05, 0.1) is 18.0 Å². The third kappa shape index (κ3) is 12.1. The summed E-state index contributed by atoms with van der Waals surface area (Å²) in [6.45, 7) is 6.75. The zero-order valence-corrected chi connectivity index (χ0v) is 21.6. The first-order valence-electron chi connectivity index (χ1n) is 10.8. The van der Waals surface area contributed by atoms with Gasteiger partial charge in [0, 0.05) is 13.1 Å². The number of halogens is 3. The minimum atomic E-state index is -2.09. The normalized spacial score (nSPS) is 11.0. The third-order valence-electron chi connectivity index (χ3n) is 3.92. The molecule has 1 unspecified atom stereocenters. The van der Waals surface area contributed by atoms with Gasteiger partial charge in [0.2, 0.25) is 0 Å². The fourth-order valence-electron chi connectivity index (χ4n) is 2.30. The number of hydroxylamine groups is 1. The second-order valence-corrected chi connectivity index (χ2v) is 8.26. The van der Waals surface area contributed by atoms with Gasteiger partial charge in [0.1, 0.15) is 22.6 Å². The lowest BCUT2D eigenvalue weighted by Gasteiger charge is -2.22. The van der Waals surface area contributed by atoms with E-state index in [1.165, 1.54) is 17.6 Å². The molecule has 0 aliphatic heterocycles. The first kappa shape index (κ1) is 33.0. The Hall–Kier alpha value is -3.00. The molecule has 2 N–H and O–H groups in total. The maximum absolute atomic E-state index is 14.4. The molecule has 0 radical (unpaired) electrons. The highest BCUT2D eigenvalue weighted by Crippen LogP contribution is 2.30. The number of likely N-dealkylation sites (N-methyl/N-ethyl adjacent to an activating group) is 1. The second kappa shape index (κ2) is 18.3. The average Bonchev–Trinajstić information content (AvgIpc) is 2.86. The predicted octanol–water partition coefficient (Wildman–Crippen LogP) is 3.49. The van der Waals surface area contributed by atoms with Crippen LogP contribution in [0.1, 0.15) is 20.8 Å². The molecule has 202 valence electrons. The van der Waals surface area contributed by atoms with Gasteiger partial charge in [0.25, 0.3) is 12.4 Å². The molecule has 2 aromatic rings. The van der Waals surface area contributed by atoms with Gasteiger partial charge in [-0.3, -0.25) is 14.8 Å². The van der Waals surface area contributed by atoms with E-state index in [0.717, 1.165) is 28.6 Å². The van der Waals surface area contributed by atoms with Crippen LogP contribution in [0.25, 0.3) is 0 Å². The molecule has 0 saturated heterocycles. The fraction of sp³-hybridized carbons (Fsp3) is 0.391. The highest BCUT2D eigenvalue weighted by Gasteiger charge is 2.22. The lowest BCUT2D eigenvalue weighted by Crippen LogP contribution is -2.40. The first-order chi connectivity index (χ1) is 17.1. The van der Waals surface area contributed by atoms with Crippen LogP contribution in [-0.2, 0) is 25.3 Å². The molecule has 0 bridgehead atoms. The topological polar surface area (TPSA) is 108 Å². The zero-order valence-electron chi connectivity index (χ0n) is 20.8. The van der Waals surface area contributed by atoms with E-state index in [-0.39, 0.29) is 17.2 Å². The van der Waals surface area contributed by atoms with Crippen LogP contribution in [0.3, 0.4) is 0 Å². The van der Waals surface area contributed by atoms with Gasteiger partial charge in [-0.15, -0.1) is 0 Å². The van der Waals surface area contributed by atoms with Crippen LogP contribution in [0.2, 0.25) is 0 Å². The molecule has 13 heteroatoms. The van der Waals surface area contributed by atoms with Crippen molar-refractivity contribution in [1.29, 1.82) is 0 Å². The summed E-state index contributed by atoms with van der Waals surface area (Å²) in [5.41, 5.74) is 1.43. The lowest BCUT2D eigenvalue weighted by atomic mass is 10.3. The van der Waals surface area contributed by atoms with Crippen LogP contribution < -0.4 is 10.2 Å². The number of rotatable bonds is 11. The molecule has 0 saturated carbocycles. The average molecular weight is 536 g/mol. The van der Waals surface area contributed by atoms with Gasteiger partial charge < -0.3 is 14.4 Å². The quantitative estimate of drug-likeness (QED) is 0.258. The summed E-state index contributed by atoms with van der Waals surface area (Å²) in [7, 11) is 1.43. The standard InChI is InChI=1S/C18H20F3N3O4S.C3H6O2.C2H6/c1-23(2)7-8-24(11-17(25)22-26)29(27)14-9-15(20)18(16(21)10-14)28-13-5-3-12(19)4-6-13;1-2-5-3-4;1-2/h3-6,9-10,26H,7-8,11H2,1-2H3,(H,22,25);3H,2H2,1H3;1-2H3. The number of carbonyl (C=O) groups excluding carboxylic acids is 2. The molecule has 9 nitrogen and oxygen atoms in total. The van der Waals surface area contributed by atoms with Crippen LogP contribution in [0.4, 0.5) is 13.2 Å². The molecule has 1 atom stereocenters. The molecule has 2 aromatic carbocycles. The smallest absolute Gasteiger partial charge is 0.293 e. The molecule has 0 fully saturated rings. The van der Waals surface area contributed by atoms with Crippen molar-refractivity contribution in [2.24, 2.45) is 0 Å². The van der Waals surface area contributed by atoms with E-state index in [0.29, 0.717) is 19.6 Å². The van der Waals surface area contributed by atoms with E-state index in [9.17, 15) is 27.0 Å². The molecular formula is C23H32F3N3O6S. The van der Waals surface area contributed by atoms with Gasteiger partial charge in [-0.2, -0.15) is 0 Å². The molecule has 0 spiro atoms. The predicted molar refractivity (Wildman–Crippen MR) is 128 cm³/mol. The molecular weight excluding hydrogens is 503 g/mol. The van der Waals surface area contributed by atoms with E-state index >= 15 is 0 Å². The first-order valence-corrected chi connectivity index (χ1v) is 12.0. The minimum absolute atomic E-state index is 0.0188. The van der Waals surface area contributed by atoms with E-state index in [1.807, 2.05) is 13.8 Å². The lowest BCUT2D eigenvalue weighted by molar-refractivity contribution is -0.129. The van der Waals surface area contributed by atoms with Gasteiger partial charge in [-0.1, -0.05) is 13.8 Å². The molecule has 2 rings (SSSR count). The molecule has 0 aliphatic carbocycles. The van der Waals surface area contributed by atoms with Crippen molar-refractivity contribution in [3.8, 4) is 11.5 Å². The van der Waals surface area contributed by atoms with Crippen LogP contribution in [0.15, 0.2) is 41.3 Å². The summed E-state index contributed by atoms with van der Waals surface area (Å²) < 4.78 is 65.0. The Kier molecular flexibility index (Phi) is 16.8. The number of amides is 1. The Bertz CT molecular complexity index is 942. The van der Waals surface area contributed by atoms with Crippen LogP contribution in [0, 0.1) is 17.5 Å². The monoisotopic (exact) mass is 535 g/mol. The Morgan fingerprint density at radius 2 is 1.64 bits per heavy atom. The number of carbonyl (C=O) groups is 2. The summed E-state index contributed by atoms with van der Waals surface area (Å²) in [6.07, 6.45) is 0. The SMILES string of the molecule is CC.CCOC=O.CN(C)CCN(CC(=O)NO)S(=O)c1cc(F)c(Oc2ccc(F)cc2)c(F)c1. The Morgan fingerprint density at radius 1 is 1.08 bits per heavy atom. The molecule has 0 heterocycles. The summed E-state index contributed by atoms with van der Waals surface area (Å²) >= 11 is 0. The maximum Gasteiger partial charge on any atom is 0.293 e. The number of hydrogen-bond acceptors (Lipinski definition) is 7.